The quantitative estimate of drug-likeness (QED) is 0.736. The summed E-state index contributed by atoms with van der Waals surface area (Å²) in [4.78, 5) is 12.9. The molecule has 0 saturated heterocycles. The molecule has 3 rings (SSSR count). The standard InChI is InChI=1S/C16H16N4OS/c1-9-8-12(15(17)22)10(2)11(3)14(9)20-16(21)19-7-5-4-6-13(19)18-20/h4-8H,1-3H3,(H2,17,22). The van der Waals surface area contributed by atoms with E-state index in [4.69, 9.17) is 18.0 Å². The molecule has 0 fully saturated rings. The summed E-state index contributed by atoms with van der Waals surface area (Å²) in [5.74, 6) is 0. The molecular weight excluding hydrogens is 296 g/mol. The van der Waals surface area contributed by atoms with Gasteiger partial charge in [0.2, 0.25) is 0 Å². The Morgan fingerprint density at radius 1 is 1.23 bits per heavy atom. The van der Waals surface area contributed by atoms with Gasteiger partial charge in [0, 0.05) is 11.8 Å². The van der Waals surface area contributed by atoms with Gasteiger partial charge in [0.25, 0.3) is 0 Å². The van der Waals surface area contributed by atoms with Crippen LogP contribution in [0.5, 0.6) is 0 Å². The third-order valence-corrected chi connectivity index (χ3v) is 4.18. The van der Waals surface area contributed by atoms with E-state index >= 15 is 0 Å². The van der Waals surface area contributed by atoms with E-state index in [2.05, 4.69) is 5.10 Å². The van der Waals surface area contributed by atoms with Gasteiger partial charge in [-0.05, 0) is 55.7 Å². The molecule has 22 heavy (non-hydrogen) atoms. The smallest absolute Gasteiger partial charge is 0.355 e. The lowest BCUT2D eigenvalue weighted by Gasteiger charge is -2.15. The molecule has 0 spiro atoms. The minimum Gasteiger partial charge on any atom is -0.389 e. The molecule has 0 unspecified atom stereocenters. The van der Waals surface area contributed by atoms with Crippen molar-refractivity contribution in [2.75, 3.05) is 0 Å². The Morgan fingerprint density at radius 2 is 1.95 bits per heavy atom. The number of fused-ring (bicyclic) bond motifs is 1. The summed E-state index contributed by atoms with van der Waals surface area (Å²) in [6.07, 6.45) is 1.71. The summed E-state index contributed by atoms with van der Waals surface area (Å²) >= 11 is 5.10. The first kappa shape index (κ1) is 14.5. The Hall–Kier alpha value is -2.47. The number of nitrogens with two attached hydrogens (primary N) is 1. The van der Waals surface area contributed by atoms with Crippen molar-refractivity contribution in [3.8, 4) is 5.69 Å². The fourth-order valence-electron chi connectivity index (χ4n) is 2.72. The van der Waals surface area contributed by atoms with E-state index in [1.54, 1.807) is 18.3 Å². The second kappa shape index (κ2) is 5.06. The predicted molar refractivity (Wildman–Crippen MR) is 90.9 cm³/mol. The Labute approximate surface area is 133 Å². The third-order valence-electron chi connectivity index (χ3n) is 3.96. The summed E-state index contributed by atoms with van der Waals surface area (Å²) < 4.78 is 2.96. The molecule has 0 aliphatic heterocycles. The van der Waals surface area contributed by atoms with E-state index in [1.165, 1.54) is 9.08 Å². The molecule has 112 valence electrons. The summed E-state index contributed by atoms with van der Waals surface area (Å²) in [6.45, 7) is 5.84. The van der Waals surface area contributed by atoms with Crippen LogP contribution in [0.2, 0.25) is 0 Å². The van der Waals surface area contributed by atoms with Crippen molar-refractivity contribution < 1.29 is 0 Å². The molecule has 3 aromatic rings. The van der Waals surface area contributed by atoms with Crippen molar-refractivity contribution >= 4 is 22.9 Å². The number of rotatable bonds is 2. The number of hydrogen-bond donors (Lipinski definition) is 1. The topological polar surface area (TPSA) is 65.3 Å². The Bertz CT molecular complexity index is 968. The monoisotopic (exact) mass is 312 g/mol. The van der Waals surface area contributed by atoms with Crippen LogP contribution in [0.3, 0.4) is 0 Å². The highest BCUT2D eigenvalue weighted by atomic mass is 32.1. The van der Waals surface area contributed by atoms with Crippen LogP contribution in [0.25, 0.3) is 11.3 Å². The number of hydrogen-bond acceptors (Lipinski definition) is 3. The molecule has 0 saturated carbocycles. The normalized spacial score (nSPS) is 11.0. The lowest BCUT2D eigenvalue weighted by Crippen LogP contribution is -2.22. The van der Waals surface area contributed by atoms with Gasteiger partial charge in [-0.2, -0.15) is 4.68 Å². The number of aryl methyl sites for hydroxylation is 1. The predicted octanol–water partition coefficient (Wildman–Crippen LogP) is 2.04. The van der Waals surface area contributed by atoms with E-state index in [9.17, 15) is 4.79 Å². The van der Waals surface area contributed by atoms with Gasteiger partial charge < -0.3 is 5.73 Å². The molecule has 2 N–H and O–H groups in total. The highest BCUT2D eigenvalue weighted by molar-refractivity contribution is 7.80. The molecule has 0 amide bonds. The van der Waals surface area contributed by atoms with Crippen molar-refractivity contribution in [1.82, 2.24) is 14.2 Å². The van der Waals surface area contributed by atoms with Crippen molar-refractivity contribution in [1.29, 1.82) is 0 Å². The maximum Gasteiger partial charge on any atom is 0.355 e. The van der Waals surface area contributed by atoms with Crippen molar-refractivity contribution in [3.05, 3.63) is 63.2 Å². The number of aromatic nitrogens is 3. The summed E-state index contributed by atoms with van der Waals surface area (Å²) in [6, 6.07) is 7.38. The van der Waals surface area contributed by atoms with E-state index in [1.807, 2.05) is 32.9 Å². The zero-order valence-electron chi connectivity index (χ0n) is 12.6. The van der Waals surface area contributed by atoms with Crippen LogP contribution < -0.4 is 11.4 Å². The van der Waals surface area contributed by atoms with Gasteiger partial charge in [-0.15, -0.1) is 5.10 Å². The fraction of sp³-hybridized carbons (Fsp3) is 0.188. The second-order valence-electron chi connectivity index (χ2n) is 5.33. The molecule has 0 aliphatic carbocycles. The zero-order chi connectivity index (χ0) is 16.0. The van der Waals surface area contributed by atoms with Gasteiger partial charge in [-0.1, -0.05) is 18.3 Å². The van der Waals surface area contributed by atoms with Crippen LogP contribution in [0.15, 0.2) is 35.3 Å². The lowest BCUT2D eigenvalue weighted by atomic mass is 9.97. The van der Waals surface area contributed by atoms with Gasteiger partial charge in [0.05, 0.1) is 5.69 Å². The summed E-state index contributed by atoms with van der Waals surface area (Å²) in [5.41, 5.74) is 10.7. The molecule has 5 nitrogen and oxygen atoms in total. The van der Waals surface area contributed by atoms with Crippen LogP contribution >= 0.6 is 12.2 Å². The van der Waals surface area contributed by atoms with Crippen LogP contribution in [-0.2, 0) is 0 Å². The third kappa shape index (κ3) is 2.03. The number of benzene rings is 1. The molecular formula is C16H16N4OS. The molecule has 6 heteroatoms. The van der Waals surface area contributed by atoms with E-state index in [0.717, 1.165) is 27.9 Å². The first-order valence-electron chi connectivity index (χ1n) is 6.89. The second-order valence-corrected chi connectivity index (χ2v) is 5.77. The highest BCUT2D eigenvalue weighted by Crippen LogP contribution is 2.24. The lowest BCUT2D eigenvalue weighted by molar-refractivity contribution is 0.823. The summed E-state index contributed by atoms with van der Waals surface area (Å²) in [7, 11) is 0. The van der Waals surface area contributed by atoms with Crippen molar-refractivity contribution in [3.63, 3.8) is 0 Å². The number of pyridine rings is 1. The van der Waals surface area contributed by atoms with Gasteiger partial charge in [-0.3, -0.25) is 0 Å². The molecule has 1 aromatic carbocycles. The molecule has 0 aliphatic rings. The molecule has 0 bridgehead atoms. The minimum atomic E-state index is -0.190. The average molecular weight is 312 g/mol. The van der Waals surface area contributed by atoms with E-state index in [0.29, 0.717) is 10.6 Å². The molecule has 0 atom stereocenters. The molecule has 2 heterocycles. The Kier molecular flexibility index (Phi) is 3.33. The van der Waals surface area contributed by atoms with E-state index < -0.39 is 0 Å². The largest absolute Gasteiger partial charge is 0.389 e. The Balaban J connectivity index is 2.36. The maximum absolute atomic E-state index is 12.6. The maximum atomic E-state index is 12.6. The zero-order valence-corrected chi connectivity index (χ0v) is 13.4. The highest BCUT2D eigenvalue weighted by Gasteiger charge is 2.17. The van der Waals surface area contributed by atoms with Gasteiger partial charge in [-0.25, -0.2) is 9.20 Å². The fourth-order valence-corrected chi connectivity index (χ4v) is 2.93. The van der Waals surface area contributed by atoms with Gasteiger partial charge in [0.15, 0.2) is 5.65 Å². The number of nitrogens with zero attached hydrogens (tertiary/aromatic N) is 3. The van der Waals surface area contributed by atoms with Crippen LogP contribution in [0, 0.1) is 20.8 Å². The first-order valence-corrected chi connectivity index (χ1v) is 7.30. The van der Waals surface area contributed by atoms with E-state index in [-0.39, 0.29) is 5.69 Å². The van der Waals surface area contributed by atoms with Crippen LogP contribution in [0.4, 0.5) is 0 Å². The van der Waals surface area contributed by atoms with Crippen LogP contribution in [-0.4, -0.2) is 19.2 Å². The van der Waals surface area contributed by atoms with Crippen molar-refractivity contribution in [2.24, 2.45) is 5.73 Å². The van der Waals surface area contributed by atoms with Crippen LogP contribution in [0.1, 0.15) is 22.3 Å². The van der Waals surface area contributed by atoms with Crippen molar-refractivity contribution in [2.45, 2.75) is 20.8 Å². The van der Waals surface area contributed by atoms with Gasteiger partial charge in [0.1, 0.15) is 4.99 Å². The Morgan fingerprint density at radius 3 is 2.59 bits per heavy atom. The summed E-state index contributed by atoms with van der Waals surface area (Å²) in [5, 5.41) is 4.42. The molecule has 0 radical (unpaired) electrons. The average Bonchev–Trinajstić information content (AvgIpc) is 2.80. The number of thiocarbonyl (C=S) groups is 1. The SMILES string of the molecule is Cc1cc(C(N)=S)c(C)c(C)c1-n1nc2ccccn2c1=O. The minimum absolute atomic E-state index is 0.190. The van der Waals surface area contributed by atoms with Gasteiger partial charge >= 0.3 is 5.69 Å². The molecule has 2 aromatic heterocycles. The first-order chi connectivity index (χ1) is 10.4.